The van der Waals surface area contributed by atoms with Crippen LogP contribution in [0.3, 0.4) is 0 Å². The maximum Gasteiger partial charge on any atom is 0.132 e. The van der Waals surface area contributed by atoms with Gasteiger partial charge in [0.2, 0.25) is 0 Å². The monoisotopic (exact) mass is 424 g/mol. The fourth-order valence-corrected chi connectivity index (χ4v) is 5.48. The highest BCUT2D eigenvalue weighted by Crippen LogP contribution is 2.39. The van der Waals surface area contributed by atoms with Crippen LogP contribution in [-0.2, 0) is 0 Å². The Morgan fingerprint density at radius 1 is 0.714 bits per heavy atom. The number of rotatable bonds is 17. The molecule has 1 aromatic rings. The minimum atomic E-state index is 0.364. The van der Waals surface area contributed by atoms with Crippen LogP contribution in [0.1, 0.15) is 116 Å². The van der Waals surface area contributed by atoms with Gasteiger partial charge in [-0.2, -0.15) is 0 Å². The number of aromatic hydroxyl groups is 1. The van der Waals surface area contributed by atoms with Gasteiger partial charge in [-0.3, -0.25) is 0 Å². The second kappa shape index (κ2) is 16.5. The lowest BCUT2D eigenvalue weighted by molar-refractivity contribution is 0.451. The molecule has 0 fully saturated rings. The van der Waals surface area contributed by atoms with Gasteiger partial charge in [0.15, 0.2) is 0 Å². The van der Waals surface area contributed by atoms with Crippen LogP contribution < -0.4 is 0 Å². The summed E-state index contributed by atoms with van der Waals surface area (Å²) in [4.78, 5) is 2.42. The molecule has 0 atom stereocenters. The summed E-state index contributed by atoms with van der Waals surface area (Å²) in [7, 11) is 0. The quantitative estimate of drug-likeness (QED) is 0.198. The van der Waals surface area contributed by atoms with Gasteiger partial charge in [0, 0.05) is 4.90 Å². The molecule has 0 radical (unpaired) electrons. The maximum atomic E-state index is 10.7. The van der Waals surface area contributed by atoms with Crippen molar-refractivity contribution in [1.82, 2.24) is 0 Å². The zero-order chi connectivity index (χ0) is 20.6. The second-order valence-electron chi connectivity index (χ2n) is 8.25. The lowest BCUT2D eigenvalue weighted by Gasteiger charge is -2.15. The Morgan fingerprint density at radius 3 is 1.75 bits per heavy atom. The summed E-state index contributed by atoms with van der Waals surface area (Å²) in [6.07, 6.45) is 16.1. The fourth-order valence-electron chi connectivity index (χ4n) is 3.37. The Labute approximate surface area is 183 Å². The zero-order valence-electron chi connectivity index (χ0n) is 18.9. The molecule has 1 aromatic carbocycles. The molecule has 0 bridgehead atoms. The summed E-state index contributed by atoms with van der Waals surface area (Å²) < 4.78 is 0. The van der Waals surface area contributed by atoms with Crippen molar-refractivity contribution in [3.8, 4) is 5.75 Å². The highest BCUT2D eigenvalue weighted by molar-refractivity contribution is 8.00. The molecule has 1 rings (SSSR count). The van der Waals surface area contributed by atoms with Crippen molar-refractivity contribution >= 4 is 23.5 Å². The third-order valence-electron chi connectivity index (χ3n) is 5.22. The first-order chi connectivity index (χ1) is 13.6. The predicted octanol–water partition coefficient (Wildman–Crippen LogP) is 9.42. The Balaban J connectivity index is 2.49. The Bertz CT molecular complexity index is 514. The smallest absolute Gasteiger partial charge is 0.132 e. The molecular weight excluding hydrogens is 380 g/mol. The number of hydrogen-bond acceptors (Lipinski definition) is 3. The number of unbranched alkanes of at least 4 members (excludes halogenated alkanes) is 10. The Morgan fingerprint density at radius 2 is 1.21 bits per heavy atom. The van der Waals surface area contributed by atoms with E-state index < -0.39 is 0 Å². The van der Waals surface area contributed by atoms with E-state index in [1.807, 2.05) is 23.5 Å². The van der Waals surface area contributed by atoms with Crippen molar-refractivity contribution < 1.29 is 5.11 Å². The van der Waals surface area contributed by atoms with E-state index in [2.05, 4.69) is 39.8 Å². The SMILES string of the molecule is CCCCCCCCSc1cc(SCCCCCCCC)c(O)c(C(C)C)c1. The van der Waals surface area contributed by atoms with E-state index in [1.165, 1.54) is 87.7 Å². The fraction of sp³-hybridized carbons (Fsp3) is 0.760. The van der Waals surface area contributed by atoms with Crippen LogP contribution >= 0.6 is 23.5 Å². The van der Waals surface area contributed by atoms with Gasteiger partial charge < -0.3 is 5.11 Å². The summed E-state index contributed by atoms with van der Waals surface area (Å²) in [6, 6.07) is 4.45. The van der Waals surface area contributed by atoms with Crippen molar-refractivity contribution in [3.63, 3.8) is 0 Å². The van der Waals surface area contributed by atoms with E-state index in [0.29, 0.717) is 11.7 Å². The molecular formula is C25H44OS2. The van der Waals surface area contributed by atoms with Gasteiger partial charge in [-0.15, -0.1) is 23.5 Å². The molecule has 0 aromatic heterocycles. The second-order valence-corrected chi connectivity index (χ2v) is 10.6. The minimum Gasteiger partial charge on any atom is -0.506 e. The topological polar surface area (TPSA) is 20.2 Å². The van der Waals surface area contributed by atoms with E-state index in [0.717, 1.165) is 16.2 Å². The van der Waals surface area contributed by atoms with Crippen LogP contribution in [0.2, 0.25) is 0 Å². The van der Waals surface area contributed by atoms with Crippen molar-refractivity contribution in [3.05, 3.63) is 17.7 Å². The van der Waals surface area contributed by atoms with Gasteiger partial charge >= 0.3 is 0 Å². The highest BCUT2D eigenvalue weighted by atomic mass is 32.2. The molecule has 162 valence electrons. The summed E-state index contributed by atoms with van der Waals surface area (Å²) in [5.74, 6) is 3.19. The standard InChI is InChI=1S/C25H44OS2/c1-5-7-9-11-13-15-17-27-22-19-23(21(3)4)25(26)24(20-22)28-18-16-14-12-10-8-6-2/h19-21,26H,5-18H2,1-4H3. The van der Waals surface area contributed by atoms with Crippen molar-refractivity contribution in [2.24, 2.45) is 0 Å². The van der Waals surface area contributed by atoms with E-state index in [9.17, 15) is 5.11 Å². The number of benzene rings is 1. The molecule has 0 aliphatic carbocycles. The summed E-state index contributed by atoms with van der Waals surface area (Å²) >= 11 is 3.81. The summed E-state index contributed by atoms with van der Waals surface area (Å²) in [5.41, 5.74) is 1.11. The third-order valence-corrected chi connectivity index (χ3v) is 7.40. The molecule has 1 N–H and O–H groups in total. The first-order valence-electron chi connectivity index (χ1n) is 11.7. The minimum absolute atomic E-state index is 0.364. The van der Waals surface area contributed by atoms with Crippen molar-refractivity contribution in [2.45, 2.75) is 120 Å². The Kier molecular flexibility index (Phi) is 15.2. The van der Waals surface area contributed by atoms with E-state index in [-0.39, 0.29) is 0 Å². The molecule has 1 nitrogen and oxygen atoms in total. The lowest BCUT2D eigenvalue weighted by Crippen LogP contribution is -1.93. The summed E-state index contributed by atoms with van der Waals surface area (Å²) in [6.45, 7) is 8.90. The van der Waals surface area contributed by atoms with Crippen LogP contribution in [-0.4, -0.2) is 16.6 Å². The maximum absolute atomic E-state index is 10.7. The average molecular weight is 425 g/mol. The van der Waals surface area contributed by atoms with Gasteiger partial charge in [-0.05, 0) is 48.0 Å². The molecule has 0 aliphatic heterocycles. The molecule has 0 unspecified atom stereocenters. The first kappa shape index (κ1) is 25.8. The van der Waals surface area contributed by atoms with Gasteiger partial charge in [0.05, 0.1) is 4.90 Å². The van der Waals surface area contributed by atoms with Crippen LogP contribution in [0.25, 0.3) is 0 Å². The number of phenolic OH excluding ortho intramolecular Hbond substituents is 1. The van der Waals surface area contributed by atoms with Crippen LogP contribution in [0.15, 0.2) is 21.9 Å². The lowest BCUT2D eigenvalue weighted by atomic mass is 10.0. The van der Waals surface area contributed by atoms with Crippen molar-refractivity contribution in [2.75, 3.05) is 11.5 Å². The van der Waals surface area contributed by atoms with Gasteiger partial charge in [0.1, 0.15) is 5.75 Å². The molecule has 0 spiro atoms. The molecule has 0 amide bonds. The predicted molar refractivity (Wildman–Crippen MR) is 130 cm³/mol. The molecule has 28 heavy (non-hydrogen) atoms. The molecule has 0 saturated heterocycles. The highest BCUT2D eigenvalue weighted by Gasteiger charge is 2.13. The van der Waals surface area contributed by atoms with Crippen LogP contribution in [0.4, 0.5) is 0 Å². The normalized spacial score (nSPS) is 11.5. The summed E-state index contributed by atoms with van der Waals surface area (Å²) in [5, 5.41) is 10.7. The van der Waals surface area contributed by atoms with E-state index >= 15 is 0 Å². The average Bonchev–Trinajstić information content (AvgIpc) is 2.68. The molecule has 0 aliphatic rings. The number of phenols is 1. The first-order valence-corrected chi connectivity index (χ1v) is 13.7. The van der Waals surface area contributed by atoms with E-state index in [1.54, 1.807) is 0 Å². The molecule has 0 saturated carbocycles. The molecule has 0 heterocycles. The van der Waals surface area contributed by atoms with Gasteiger partial charge in [-0.1, -0.05) is 91.9 Å². The zero-order valence-corrected chi connectivity index (χ0v) is 20.5. The van der Waals surface area contributed by atoms with Crippen molar-refractivity contribution in [1.29, 1.82) is 0 Å². The van der Waals surface area contributed by atoms with E-state index in [4.69, 9.17) is 0 Å². The van der Waals surface area contributed by atoms with Crippen LogP contribution in [0, 0.1) is 0 Å². The number of hydrogen-bond donors (Lipinski definition) is 1. The largest absolute Gasteiger partial charge is 0.506 e. The van der Waals surface area contributed by atoms with Crippen LogP contribution in [0.5, 0.6) is 5.75 Å². The number of thioether (sulfide) groups is 2. The van der Waals surface area contributed by atoms with Gasteiger partial charge in [0.25, 0.3) is 0 Å². The Hall–Kier alpha value is -0.280. The van der Waals surface area contributed by atoms with Gasteiger partial charge in [-0.25, -0.2) is 0 Å². The third kappa shape index (κ3) is 11.0. The molecule has 3 heteroatoms.